The zero-order valence-corrected chi connectivity index (χ0v) is 26.9. The Hall–Kier alpha value is -6.37. The van der Waals surface area contributed by atoms with Gasteiger partial charge in [-0.25, -0.2) is 9.97 Å². The smallest absolute Gasteiger partial charge is 0.235 e. The summed E-state index contributed by atoms with van der Waals surface area (Å²) in [6.45, 7) is 0. The predicted molar refractivity (Wildman–Crippen MR) is 204 cm³/mol. The van der Waals surface area contributed by atoms with Gasteiger partial charge < -0.3 is 4.57 Å². The number of hydrogen-bond donors (Lipinski definition) is 0. The number of benzene rings is 6. The van der Waals surface area contributed by atoms with E-state index in [0.717, 1.165) is 49.8 Å². The first-order valence-corrected chi connectivity index (χ1v) is 17.2. The van der Waals surface area contributed by atoms with Crippen molar-refractivity contribution in [1.82, 2.24) is 24.1 Å². The van der Waals surface area contributed by atoms with Crippen LogP contribution in [0, 0.1) is 0 Å². The second-order valence-electron chi connectivity index (χ2n) is 12.4. The summed E-state index contributed by atoms with van der Waals surface area (Å²) in [5.74, 6) is 0.648. The Labute approximate surface area is 284 Å². The molecule has 11 rings (SSSR count). The molecule has 0 aliphatic carbocycles. The van der Waals surface area contributed by atoms with Crippen LogP contribution < -0.4 is 0 Å². The van der Waals surface area contributed by atoms with E-state index in [9.17, 15) is 0 Å². The Balaban J connectivity index is 1.32. The maximum absolute atomic E-state index is 5.41. The third kappa shape index (κ3) is 3.72. The van der Waals surface area contributed by atoms with Crippen molar-refractivity contribution in [3.8, 4) is 22.9 Å². The number of pyridine rings is 1. The molecule has 5 nitrogen and oxygen atoms in total. The fourth-order valence-electron chi connectivity index (χ4n) is 7.66. The highest BCUT2D eigenvalue weighted by Crippen LogP contribution is 2.47. The van der Waals surface area contributed by atoms with Crippen LogP contribution in [0.15, 0.2) is 152 Å². The van der Waals surface area contributed by atoms with Gasteiger partial charge >= 0.3 is 0 Å². The Kier molecular flexibility index (Phi) is 5.48. The van der Waals surface area contributed by atoms with Crippen LogP contribution in [0.1, 0.15) is 0 Å². The van der Waals surface area contributed by atoms with Crippen LogP contribution in [0.5, 0.6) is 0 Å². The molecule has 0 amide bonds. The molecular weight excluding hydrogens is 619 g/mol. The molecule has 0 aliphatic rings. The van der Waals surface area contributed by atoms with Crippen molar-refractivity contribution >= 4 is 86.2 Å². The summed E-state index contributed by atoms with van der Waals surface area (Å²) < 4.78 is 5.92. The number of para-hydroxylation sites is 4. The normalized spacial score (nSPS) is 12.1. The third-order valence-electron chi connectivity index (χ3n) is 9.78. The minimum atomic E-state index is 0.648. The zero-order chi connectivity index (χ0) is 32.1. The first-order chi connectivity index (χ1) is 24.3. The Morgan fingerprint density at radius 1 is 0.490 bits per heavy atom. The summed E-state index contributed by atoms with van der Waals surface area (Å²) in [6, 6.07) is 51.3. The van der Waals surface area contributed by atoms with E-state index in [4.69, 9.17) is 15.0 Å². The number of fused-ring (bicyclic) bond motifs is 12. The number of thiophene rings is 1. The zero-order valence-electron chi connectivity index (χ0n) is 26.1. The molecule has 0 saturated carbocycles. The van der Waals surface area contributed by atoms with E-state index in [0.29, 0.717) is 5.95 Å². The summed E-state index contributed by atoms with van der Waals surface area (Å²) in [6.07, 6.45) is 1.92. The van der Waals surface area contributed by atoms with Gasteiger partial charge in [0.15, 0.2) is 0 Å². The van der Waals surface area contributed by atoms with Gasteiger partial charge in [0.1, 0.15) is 4.83 Å². The molecule has 0 radical (unpaired) electrons. The van der Waals surface area contributed by atoms with Gasteiger partial charge in [-0.2, -0.15) is 0 Å². The van der Waals surface area contributed by atoms with E-state index in [1.165, 1.54) is 42.0 Å². The fraction of sp³-hybridized carbons (Fsp3) is 0. The molecular formula is C43H25N5S. The molecule has 0 saturated heterocycles. The highest BCUT2D eigenvalue weighted by Gasteiger charge is 2.24. The molecule has 0 bridgehead atoms. The summed E-state index contributed by atoms with van der Waals surface area (Å²) in [5, 5.41) is 8.08. The van der Waals surface area contributed by atoms with Crippen LogP contribution in [0.3, 0.4) is 0 Å². The summed E-state index contributed by atoms with van der Waals surface area (Å²) in [4.78, 5) is 16.8. The Bertz CT molecular complexity index is 3100. The average molecular weight is 644 g/mol. The van der Waals surface area contributed by atoms with E-state index < -0.39 is 0 Å². The largest absolute Gasteiger partial charge is 0.301 e. The molecule has 5 aromatic heterocycles. The van der Waals surface area contributed by atoms with Gasteiger partial charge in [0.25, 0.3) is 0 Å². The van der Waals surface area contributed by atoms with Crippen molar-refractivity contribution in [3.05, 3.63) is 152 Å². The van der Waals surface area contributed by atoms with E-state index in [1.54, 1.807) is 0 Å². The number of nitrogens with zero attached hydrogens (tertiary/aromatic N) is 5. The van der Waals surface area contributed by atoms with Crippen LogP contribution in [0.25, 0.3) is 97.7 Å². The second-order valence-corrected chi connectivity index (χ2v) is 13.4. The van der Waals surface area contributed by atoms with Crippen LogP contribution in [0.2, 0.25) is 0 Å². The van der Waals surface area contributed by atoms with E-state index in [2.05, 4.69) is 137 Å². The first-order valence-electron chi connectivity index (χ1n) is 16.4. The molecule has 5 heterocycles. The molecule has 0 N–H and O–H groups in total. The van der Waals surface area contributed by atoms with Gasteiger partial charge in [0, 0.05) is 55.2 Å². The lowest BCUT2D eigenvalue weighted by Gasteiger charge is -2.13. The summed E-state index contributed by atoms with van der Waals surface area (Å²) in [5.41, 5.74) is 8.28. The minimum Gasteiger partial charge on any atom is -0.301 e. The lowest BCUT2D eigenvalue weighted by molar-refractivity contribution is 1.02. The van der Waals surface area contributed by atoms with Crippen molar-refractivity contribution in [2.45, 2.75) is 0 Å². The number of rotatable bonds is 3. The molecule has 11 aromatic rings. The number of aromatic nitrogens is 5. The molecule has 228 valence electrons. The quantitative estimate of drug-likeness (QED) is 0.180. The van der Waals surface area contributed by atoms with Crippen molar-refractivity contribution in [3.63, 3.8) is 0 Å². The average Bonchev–Trinajstić information content (AvgIpc) is 3.82. The van der Waals surface area contributed by atoms with Crippen LogP contribution in [0.4, 0.5) is 0 Å². The minimum absolute atomic E-state index is 0.648. The van der Waals surface area contributed by atoms with Crippen molar-refractivity contribution in [2.75, 3.05) is 0 Å². The maximum Gasteiger partial charge on any atom is 0.235 e. The topological polar surface area (TPSA) is 48.5 Å². The standard InChI is InChI=1S/C43H25N5S/c1-3-13-26(14-4-1)38-33-25-44-34-20-10-7-18-30(34)39(33)46-43(45-38)48-35-21-11-8-17-28(35)29-23-24-32-37-31-19-9-12-22-36(31)47(27-15-5-2-6-16-27)42(37)49-41(32)40(29)48/h1-25H. The van der Waals surface area contributed by atoms with E-state index >= 15 is 0 Å². The van der Waals surface area contributed by atoms with Gasteiger partial charge in [0.2, 0.25) is 5.95 Å². The lowest BCUT2D eigenvalue weighted by Crippen LogP contribution is -2.04. The van der Waals surface area contributed by atoms with Crippen LogP contribution >= 0.6 is 11.3 Å². The maximum atomic E-state index is 5.41. The second kappa shape index (κ2) is 10.1. The van der Waals surface area contributed by atoms with Gasteiger partial charge in [-0.3, -0.25) is 9.55 Å². The highest BCUT2D eigenvalue weighted by atomic mass is 32.1. The third-order valence-corrected chi connectivity index (χ3v) is 11.0. The summed E-state index contributed by atoms with van der Waals surface area (Å²) in [7, 11) is 0. The molecule has 6 heteroatoms. The van der Waals surface area contributed by atoms with Crippen LogP contribution in [-0.2, 0) is 0 Å². The van der Waals surface area contributed by atoms with Gasteiger partial charge in [-0.05, 0) is 30.3 Å². The van der Waals surface area contributed by atoms with Gasteiger partial charge in [-0.15, -0.1) is 11.3 Å². The van der Waals surface area contributed by atoms with Crippen molar-refractivity contribution in [2.24, 2.45) is 0 Å². The Morgan fingerprint density at radius 3 is 1.96 bits per heavy atom. The molecule has 49 heavy (non-hydrogen) atoms. The predicted octanol–water partition coefficient (Wildman–Crippen LogP) is 11.3. The number of hydrogen-bond acceptors (Lipinski definition) is 4. The van der Waals surface area contributed by atoms with E-state index in [1.807, 2.05) is 35.7 Å². The monoisotopic (exact) mass is 643 g/mol. The lowest BCUT2D eigenvalue weighted by atomic mass is 10.1. The van der Waals surface area contributed by atoms with Gasteiger partial charge in [0.05, 0.1) is 38.0 Å². The molecule has 6 aromatic carbocycles. The van der Waals surface area contributed by atoms with Crippen LogP contribution in [-0.4, -0.2) is 24.1 Å². The highest BCUT2D eigenvalue weighted by molar-refractivity contribution is 7.26. The molecule has 0 aliphatic heterocycles. The van der Waals surface area contributed by atoms with Crippen molar-refractivity contribution < 1.29 is 0 Å². The summed E-state index contributed by atoms with van der Waals surface area (Å²) >= 11 is 1.85. The van der Waals surface area contributed by atoms with Crippen molar-refractivity contribution in [1.29, 1.82) is 0 Å². The Morgan fingerprint density at radius 2 is 1.14 bits per heavy atom. The molecule has 0 atom stereocenters. The fourth-order valence-corrected chi connectivity index (χ4v) is 9.05. The molecule has 0 unspecified atom stereocenters. The SMILES string of the molecule is c1ccc(-c2nc(-n3c4ccccc4c4ccc5c(sc6c5c5ccccc5n6-c5ccccc5)c43)nc3c2cnc2ccccc23)cc1. The van der Waals surface area contributed by atoms with E-state index in [-0.39, 0.29) is 0 Å². The molecule has 0 fully saturated rings. The molecule has 0 spiro atoms. The first kappa shape index (κ1) is 26.7. The van der Waals surface area contributed by atoms with Gasteiger partial charge in [-0.1, -0.05) is 115 Å².